The largest absolute Gasteiger partial charge is 0.375 e. The molecule has 0 aliphatic carbocycles. The van der Waals surface area contributed by atoms with E-state index >= 15 is 0 Å². The third-order valence-corrected chi connectivity index (χ3v) is 3.73. The van der Waals surface area contributed by atoms with Crippen molar-refractivity contribution in [2.45, 2.75) is 19.6 Å². The first-order valence-corrected chi connectivity index (χ1v) is 7.44. The van der Waals surface area contributed by atoms with Crippen molar-refractivity contribution < 1.29 is 9.53 Å². The van der Waals surface area contributed by atoms with Crippen LogP contribution in [0.2, 0.25) is 0 Å². The number of hydrogen-bond donors (Lipinski definition) is 1. The SMILES string of the molecule is C[C@@H]1CN(C(=O)NCc2ccccc2-n2ccnc2)CCO1. The van der Waals surface area contributed by atoms with Crippen LogP contribution >= 0.6 is 0 Å². The summed E-state index contributed by atoms with van der Waals surface area (Å²) in [6.45, 7) is 4.33. The Bertz CT molecular complexity index is 627. The Balaban J connectivity index is 1.65. The maximum Gasteiger partial charge on any atom is 0.317 e. The molecule has 0 bridgehead atoms. The van der Waals surface area contributed by atoms with Crippen LogP contribution in [0.5, 0.6) is 0 Å². The molecule has 6 heteroatoms. The predicted octanol–water partition coefficient (Wildman–Crippen LogP) is 1.80. The van der Waals surface area contributed by atoms with Crippen LogP contribution in [-0.2, 0) is 11.3 Å². The van der Waals surface area contributed by atoms with Crippen molar-refractivity contribution in [2.75, 3.05) is 19.7 Å². The number of carbonyl (C=O) groups excluding carboxylic acids is 1. The van der Waals surface area contributed by atoms with Crippen LogP contribution in [0.3, 0.4) is 0 Å². The van der Waals surface area contributed by atoms with Gasteiger partial charge in [-0.3, -0.25) is 0 Å². The molecule has 6 nitrogen and oxygen atoms in total. The molecule has 1 atom stereocenters. The van der Waals surface area contributed by atoms with Crippen molar-refractivity contribution >= 4 is 6.03 Å². The summed E-state index contributed by atoms with van der Waals surface area (Å²) in [6.07, 6.45) is 5.48. The number of hydrogen-bond acceptors (Lipinski definition) is 3. The van der Waals surface area contributed by atoms with Crippen molar-refractivity contribution in [3.8, 4) is 5.69 Å². The third-order valence-electron chi connectivity index (χ3n) is 3.73. The lowest BCUT2D eigenvalue weighted by Crippen LogP contribution is -2.48. The summed E-state index contributed by atoms with van der Waals surface area (Å²) in [7, 11) is 0. The lowest BCUT2D eigenvalue weighted by Gasteiger charge is -2.31. The number of imidazole rings is 1. The van der Waals surface area contributed by atoms with E-state index < -0.39 is 0 Å². The van der Waals surface area contributed by atoms with Crippen LogP contribution in [0.25, 0.3) is 5.69 Å². The van der Waals surface area contributed by atoms with Crippen LogP contribution in [0.1, 0.15) is 12.5 Å². The van der Waals surface area contributed by atoms with Gasteiger partial charge in [-0.1, -0.05) is 18.2 Å². The number of carbonyl (C=O) groups is 1. The van der Waals surface area contributed by atoms with Crippen molar-refractivity contribution in [2.24, 2.45) is 0 Å². The summed E-state index contributed by atoms with van der Waals surface area (Å²) in [4.78, 5) is 18.1. The summed E-state index contributed by atoms with van der Waals surface area (Å²) in [5.41, 5.74) is 2.07. The molecule has 1 aliphatic heterocycles. The number of aromatic nitrogens is 2. The van der Waals surface area contributed by atoms with Gasteiger partial charge in [0, 0.05) is 32.0 Å². The molecule has 1 saturated heterocycles. The number of rotatable bonds is 3. The van der Waals surface area contributed by atoms with Crippen molar-refractivity contribution in [3.05, 3.63) is 48.5 Å². The molecule has 3 rings (SSSR count). The second-order valence-corrected chi connectivity index (χ2v) is 5.38. The monoisotopic (exact) mass is 300 g/mol. The Morgan fingerprint density at radius 3 is 3.09 bits per heavy atom. The van der Waals surface area contributed by atoms with E-state index in [0.29, 0.717) is 26.2 Å². The lowest BCUT2D eigenvalue weighted by molar-refractivity contribution is -0.00351. The molecule has 22 heavy (non-hydrogen) atoms. The van der Waals surface area contributed by atoms with Gasteiger partial charge in [0.1, 0.15) is 0 Å². The smallest absolute Gasteiger partial charge is 0.317 e. The molecule has 0 unspecified atom stereocenters. The number of ether oxygens (including phenoxy) is 1. The summed E-state index contributed by atoms with van der Waals surface area (Å²) in [5, 5.41) is 2.99. The van der Waals surface area contributed by atoms with Gasteiger partial charge in [-0.25, -0.2) is 9.78 Å². The summed E-state index contributed by atoms with van der Waals surface area (Å²) in [5.74, 6) is 0. The highest BCUT2D eigenvalue weighted by Crippen LogP contribution is 2.14. The molecule has 2 aromatic rings. The average Bonchev–Trinajstić information content (AvgIpc) is 3.07. The fourth-order valence-electron chi connectivity index (χ4n) is 2.60. The Kier molecular flexibility index (Phi) is 4.39. The third kappa shape index (κ3) is 3.28. The molecule has 2 heterocycles. The van der Waals surface area contributed by atoms with Gasteiger partial charge in [0.15, 0.2) is 0 Å². The summed E-state index contributed by atoms with van der Waals surface area (Å²) < 4.78 is 7.40. The van der Waals surface area contributed by atoms with Gasteiger partial charge in [0.05, 0.1) is 24.7 Å². The van der Waals surface area contributed by atoms with Gasteiger partial charge >= 0.3 is 6.03 Å². The molecule has 1 aromatic heterocycles. The average molecular weight is 300 g/mol. The Labute approximate surface area is 129 Å². The van der Waals surface area contributed by atoms with Crippen LogP contribution in [0.4, 0.5) is 4.79 Å². The van der Waals surface area contributed by atoms with E-state index in [-0.39, 0.29) is 12.1 Å². The minimum atomic E-state index is -0.0458. The van der Waals surface area contributed by atoms with Crippen LogP contribution in [0, 0.1) is 0 Å². The topological polar surface area (TPSA) is 59.4 Å². The van der Waals surface area contributed by atoms with Gasteiger partial charge < -0.3 is 19.5 Å². The zero-order valence-electron chi connectivity index (χ0n) is 12.6. The first-order valence-electron chi connectivity index (χ1n) is 7.44. The quantitative estimate of drug-likeness (QED) is 0.940. The minimum Gasteiger partial charge on any atom is -0.375 e. The Morgan fingerprint density at radius 2 is 2.32 bits per heavy atom. The van der Waals surface area contributed by atoms with E-state index in [1.165, 1.54) is 0 Å². The highest BCUT2D eigenvalue weighted by Gasteiger charge is 2.21. The molecule has 1 aromatic carbocycles. The maximum absolute atomic E-state index is 12.3. The molecule has 1 aliphatic rings. The van der Waals surface area contributed by atoms with Gasteiger partial charge in [0.2, 0.25) is 0 Å². The zero-order valence-corrected chi connectivity index (χ0v) is 12.6. The van der Waals surface area contributed by atoms with Crippen LogP contribution in [-0.4, -0.2) is 46.3 Å². The van der Waals surface area contributed by atoms with Crippen LogP contribution < -0.4 is 5.32 Å². The summed E-state index contributed by atoms with van der Waals surface area (Å²) >= 11 is 0. The molecule has 116 valence electrons. The number of amides is 2. The first kappa shape index (κ1) is 14.6. The highest BCUT2D eigenvalue weighted by molar-refractivity contribution is 5.74. The standard InChI is InChI=1S/C16H20N4O2/c1-13-11-19(8-9-22-13)16(21)18-10-14-4-2-3-5-15(14)20-7-6-17-12-20/h2-7,12-13H,8-11H2,1H3,(H,18,21)/t13-/m1/s1. The fourth-order valence-corrected chi connectivity index (χ4v) is 2.60. The number of nitrogens with zero attached hydrogens (tertiary/aromatic N) is 3. The van der Waals surface area contributed by atoms with E-state index in [4.69, 9.17) is 4.74 Å². The van der Waals surface area contributed by atoms with Gasteiger partial charge in [-0.2, -0.15) is 0 Å². The van der Waals surface area contributed by atoms with Crippen molar-refractivity contribution in [1.82, 2.24) is 19.8 Å². The molecular formula is C16H20N4O2. The van der Waals surface area contributed by atoms with Crippen LogP contribution in [0.15, 0.2) is 43.0 Å². The van der Waals surface area contributed by atoms with Gasteiger partial charge in [0.25, 0.3) is 0 Å². The van der Waals surface area contributed by atoms with Crippen molar-refractivity contribution in [1.29, 1.82) is 0 Å². The Morgan fingerprint density at radius 1 is 1.45 bits per heavy atom. The lowest BCUT2D eigenvalue weighted by atomic mass is 10.1. The second-order valence-electron chi connectivity index (χ2n) is 5.38. The maximum atomic E-state index is 12.3. The highest BCUT2D eigenvalue weighted by atomic mass is 16.5. The fraction of sp³-hybridized carbons (Fsp3) is 0.375. The molecule has 1 fully saturated rings. The van der Waals surface area contributed by atoms with E-state index in [9.17, 15) is 4.79 Å². The molecule has 0 saturated carbocycles. The molecule has 2 amide bonds. The van der Waals surface area contributed by atoms with Gasteiger partial charge in [-0.05, 0) is 18.6 Å². The normalized spacial score (nSPS) is 18.2. The number of para-hydroxylation sites is 1. The molecule has 1 N–H and O–H groups in total. The van der Waals surface area contributed by atoms with Gasteiger partial charge in [-0.15, -0.1) is 0 Å². The first-order chi connectivity index (χ1) is 10.7. The van der Waals surface area contributed by atoms with E-state index in [2.05, 4.69) is 10.3 Å². The summed E-state index contributed by atoms with van der Waals surface area (Å²) in [6, 6.07) is 7.93. The molecule has 0 radical (unpaired) electrons. The number of morpholine rings is 1. The molecule has 0 spiro atoms. The molecular weight excluding hydrogens is 280 g/mol. The zero-order chi connectivity index (χ0) is 15.4. The number of urea groups is 1. The minimum absolute atomic E-state index is 0.0458. The van der Waals surface area contributed by atoms with Crippen molar-refractivity contribution in [3.63, 3.8) is 0 Å². The second kappa shape index (κ2) is 6.62. The Hall–Kier alpha value is -2.34. The van der Waals surface area contributed by atoms with E-state index in [1.54, 1.807) is 17.4 Å². The number of nitrogens with one attached hydrogen (secondary N) is 1. The van der Waals surface area contributed by atoms with E-state index in [1.807, 2.05) is 42.0 Å². The number of benzene rings is 1. The van der Waals surface area contributed by atoms with E-state index in [0.717, 1.165) is 11.3 Å². The predicted molar refractivity (Wildman–Crippen MR) is 82.8 cm³/mol.